The normalized spacial score (nSPS) is 13.7. The van der Waals surface area contributed by atoms with Gasteiger partial charge in [0.15, 0.2) is 0 Å². The fraction of sp³-hybridized carbons (Fsp3) is 0.250. The van der Waals surface area contributed by atoms with Gasteiger partial charge >= 0.3 is 0 Å². The van der Waals surface area contributed by atoms with Gasteiger partial charge in [0.1, 0.15) is 0 Å². The minimum Gasteiger partial charge on any atom is -0.321 e. The van der Waals surface area contributed by atoms with Crippen molar-refractivity contribution in [1.29, 1.82) is 0 Å². The first kappa shape index (κ1) is 13.8. The molecule has 0 atom stereocenters. The molecule has 5 heteroatoms. The summed E-state index contributed by atoms with van der Waals surface area (Å²) in [7, 11) is 0. The van der Waals surface area contributed by atoms with Crippen LogP contribution in [0.3, 0.4) is 0 Å². The highest BCUT2D eigenvalue weighted by Gasteiger charge is 2.20. The topological polar surface area (TPSA) is 49.4 Å². The third kappa shape index (κ3) is 2.83. The van der Waals surface area contributed by atoms with E-state index in [-0.39, 0.29) is 11.8 Å². The number of aryl methyl sites for hydroxylation is 1. The number of carbonyl (C=O) groups is 2. The van der Waals surface area contributed by atoms with E-state index in [1.54, 1.807) is 17.9 Å². The Morgan fingerprint density at radius 1 is 1.29 bits per heavy atom. The molecule has 0 saturated carbocycles. The van der Waals surface area contributed by atoms with Crippen LogP contribution in [0.4, 0.5) is 11.4 Å². The van der Waals surface area contributed by atoms with Crippen LogP contribution in [0.2, 0.25) is 0 Å². The number of nitrogens with zero attached hydrogens (tertiary/aromatic N) is 1. The SMILES string of the molecule is CC(=O)N1CCCc2cc(NC(=O)c3cccs3)ccc21. The Bertz CT molecular complexity index is 680. The second-order valence-corrected chi connectivity index (χ2v) is 6.00. The summed E-state index contributed by atoms with van der Waals surface area (Å²) in [6.07, 6.45) is 1.89. The molecule has 0 bridgehead atoms. The summed E-state index contributed by atoms with van der Waals surface area (Å²) in [5.74, 6) is -0.0319. The van der Waals surface area contributed by atoms with Crippen LogP contribution < -0.4 is 10.2 Å². The Balaban J connectivity index is 1.83. The number of benzene rings is 1. The minimum atomic E-state index is -0.0933. The van der Waals surface area contributed by atoms with E-state index >= 15 is 0 Å². The van der Waals surface area contributed by atoms with E-state index in [1.165, 1.54) is 11.3 Å². The second kappa shape index (κ2) is 5.69. The van der Waals surface area contributed by atoms with Gasteiger partial charge in [-0.05, 0) is 48.1 Å². The van der Waals surface area contributed by atoms with Gasteiger partial charge in [-0.2, -0.15) is 0 Å². The number of rotatable bonds is 2. The molecule has 2 heterocycles. The number of carbonyl (C=O) groups excluding carboxylic acids is 2. The van der Waals surface area contributed by atoms with Crippen LogP contribution in [0.1, 0.15) is 28.6 Å². The van der Waals surface area contributed by atoms with E-state index in [9.17, 15) is 9.59 Å². The van der Waals surface area contributed by atoms with Crippen molar-refractivity contribution in [2.24, 2.45) is 0 Å². The Kier molecular flexibility index (Phi) is 3.75. The summed E-state index contributed by atoms with van der Waals surface area (Å²) in [6.45, 7) is 2.35. The number of fused-ring (bicyclic) bond motifs is 1. The van der Waals surface area contributed by atoms with Gasteiger partial charge in [-0.15, -0.1) is 11.3 Å². The maximum Gasteiger partial charge on any atom is 0.265 e. The number of hydrogen-bond acceptors (Lipinski definition) is 3. The summed E-state index contributed by atoms with van der Waals surface area (Å²) in [4.78, 5) is 26.2. The number of hydrogen-bond donors (Lipinski definition) is 1. The molecule has 0 fully saturated rings. The first-order valence-electron chi connectivity index (χ1n) is 6.91. The quantitative estimate of drug-likeness (QED) is 0.925. The van der Waals surface area contributed by atoms with E-state index in [1.807, 2.05) is 29.6 Å². The zero-order valence-corrected chi connectivity index (χ0v) is 12.6. The summed E-state index contributed by atoms with van der Waals surface area (Å²) < 4.78 is 0. The molecule has 1 aromatic heterocycles. The average molecular weight is 300 g/mol. The highest BCUT2D eigenvalue weighted by Crippen LogP contribution is 2.30. The maximum absolute atomic E-state index is 12.1. The van der Waals surface area contributed by atoms with Crippen molar-refractivity contribution in [3.8, 4) is 0 Å². The van der Waals surface area contributed by atoms with Crippen molar-refractivity contribution in [2.45, 2.75) is 19.8 Å². The van der Waals surface area contributed by atoms with E-state index < -0.39 is 0 Å². The second-order valence-electron chi connectivity index (χ2n) is 5.05. The average Bonchev–Trinajstić information content (AvgIpc) is 3.00. The van der Waals surface area contributed by atoms with Gasteiger partial charge in [0.2, 0.25) is 5.91 Å². The number of nitrogens with one attached hydrogen (secondary N) is 1. The Hall–Kier alpha value is -2.14. The lowest BCUT2D eigenvalue weighted by atomic mass is 10.0. The van der Waals surface area contributed by atoms with Crippen LogP contribution in [0.25, 0.3) is 0 Å². The van der Waals surface area contributed by atoms with E-state index in [2.05, 4.69) is 5.32 Å². The van der Waals surface area contributed by atoms with Crippen molar-refractivity contribution >= 4 is 34.5 Å². The molecule has 0 spiro atoms. The molecule has 0 radical (unpaired) electrons. The fourth-order valence-electron chi connectivity index (χ4n) is 2.60. The molecular formula is C16H16N2O2S. The third-order valence-electron chi connectivity index (χ3n) is 3.58. The molecule has 108 valence electrons. The number of anilines is 2. The molecule has 1 aromatic carbocycles. The molecule has 1 aliphatic heterocycles. The van der Waals surface area contributed by atoms with Gasteiger partial charge in [-0.25, -0.2) is 0 Å². The Morgan fingerprint density at radius 2 is 2.14 bits per heavy atom. The molecule has 0 aliphatic carbocycles. The van der Waals surface area contributed by atoms with E-state index in [4.69, 9.17) is 0 Å². The van der Waals surface area contributed by atoms with Crippen molar-refractivity contribution in [2.75, 3.05) is 16.8 Å². The summed E-state index contributed by atoms with van der Waals surface area (Å²) in [6, 6.07) is 9.40. The predicted octanol–water partition coefficient (Wildman–Crippen LogP) is 3.30. The third-order valence-corrected chi connectivity index (χ3v) is 4.45. The van der Waals surface area contributed by atoms with Crippen LogP contribution in [-0.2, 0) is 11.2 Å². The van der Waals surface area contributed by atoms with Gasteiger partial charge in [-0.1, -0.05) is 6.07 Å². The summed E-state index contributed by atoms with van der Waals surface area (Å²) in [5.41, 5.74) is 2.85. The molecule has 1 aliphatic rings. The molecule has 4 nitrogen and oxygen atoms in total. The standard InChI is InChI=1S/C16H16N2O2S/c1-11(19)18-8-2-4-12-10-13(6-7-14(12)18)17-16(20)15-5-3-9-21-15/h3,5-7,9-10H,2,4,8H2,1H3,(H,17,20). The van der Waals surface area contributed by atoms with Crippen molar-refractivity contribution in [3.05, 3.63) is 46.2 Å². The number of amides is 2. The summed E-state index contributed by atoms with van der Waals surface area (Å²) in [5, 5.41) is 4.79. The molecule has 2 aromatic rings. The van der Waals surface area contributed by atoms with Crippen LogP contribution in [-0.4, -0.2) is 18.4 Å². The van der Waals surface area contributed by atoms with Gasteiger partial charge in [0.05, 0.1) is 4.88 Å². The lowest BCUT2D eigenvalue weighted by Crippen LogP contribution is -2.33. The Morgan fingerprint density at radius 3 is 2.86 bits per heavy atom. The molecule has 2 amide bonds. The van der Waals surface area contributed by atoms with Crippen LogP contribution >= 0.6 is 11.3 Å². The Labute approximate surface area is 127 Å². The molecule has 3 rings (SSSR count). The maximum atomic E-state index is 12.1. The van der Waals surface area contributed by atoms with Gasteiger partial charge < -0.3 is 10.2 Å². The first-order chi connectivity index (χ1) is 10.1. The van der Waals surface area contributed by atoms with Crippen LogP contribution in [0, 0.1) is 0 Å². The lowest BCUT2D eigenvalue weighted by Gasteiger charge is -2.28. The minimum absolute atomic E-state index is 0.0614. The van der Waals surface area contributed by atoms with Crippen molar-refractivity contribution in [3.63, 3.8) is 0 Å². The monoisotopic (exact) mass is 300 g/mol. The number of thiophene rings is 1. The molecular weight excluding hydrogens is 284 g/mol. The fourth-order valence-corrected chi connectivity index (χ4v) is 3.22. The van der Waals surface area contributed by atoms with Crippen LogP contribution in [0.15, 0.2) is 35.7 Å². The van der Waals surface area contributed by atoms with Crippen molar-refractivity contribution in [1.82, 2.24) is 0 Å². The zero-order chi connectivity index (χ0) is 14.8. The predicted molar refractivity (Wildman–Crippen MR) is 85.1 cm³/mol. The van der Waals surface area contributed by atoms with E-state index in [0.717, 1.165) is 36.3 Å². The summed E-state index contributed by atoms with van der Waals surface area (Å²) >= 11 is 1.42. The highest BCUT2D eigenvalue weighted by molar-refractivity contribution is 7.12. The van der Waals surface area contributed by atoms with Crippen LogP contribution in [0.5, 0.6) is 0 Å². The van der Waals surface area contributed by atoms with E-state index in [0.29, 0.717) is 4.88 Å². The van der Waals surface area contributed by atoms with Gasteiger partial charge in [-0.3, -0.25) is 9.59 Å². The highest BCUT2D eigenvalue weighted by atomic mass is 32.1. The lowest BCUT2D eigenvalue weighted by molar-refractivity contribution is -0.116. The van der Waals surface area contributed by atoms with Gasteiger partial charge in [0.25, 0.3) is 5.91 Å². The molecule has 1 N–H and O–H groups in total. The zero-order valence-electron chi connectivity index (χ0n) is 11.8. The van der Waals surface area contributed by atoms with Crippen molar-refractivity contribution < 1.29 is 9.59 Å². The molecule has 21 heavy (non-hydrogen) atoms. The van der Waals surface area contributed by atoms with Gasteiger partial charge in [0, 0.05) is 24.8 Å². The molecule has 0 unspecified atom stereocenters. The largest absolute Gasteiger partial charge is 0.321 e. The first-order valence-corrected chi connectivity index (χ1v) is 7.79. The molecule has 0 saturated heterocycles. The smallest absolute Gasteiger partial charge is 0.265 e.